The second kappa shape index (κ2) is 13.2. The number of unbranched alkanes of at least 4 members (excludes halogenated alkanes) is 6. The van der Waals surface area contributed by atoms with Crippen LogP contribution in [0.1, 0.15) is 70.3 Å². The molecule has 1 aromatic carbocycles. The van der Waals surface area contributed by atoms with Gasteiger partial charge in [-0.2, -0.15) is 0 Å². The van der Waals surface area contributed by atoms with Gasteiger partial charge in [0.1, 0.15) is 5.75 Å². The Bertz CT molecular complexity index is 431. The fourth-order valence-electron chi connectivity index (χ4n) is 2.48. The largest absolute Gasteiger partial charge is 0.508 e. The van der Waals surface area contributed by atoms with Crippen LogP contribution < -0.4 is 0 Å². The van der Waals surface area contributed by atoms with E-state index in [1.165, 1.54) is 56.9 Å². The fourth-order valence-corrected chi connectivity index (χ4v) is 2.48. The molecule has 0 spiro atoms. The fraction of sp³-hybridized carbons (Fsp3) is 0.524. The molecule has 1 heteroatoms. The van der Waals surface area contributed by atoms with Gasteiger partial charge in [0.05, 0.1) is 0 Å². The van der Waals surface area contributed by atoms with Crippen molar-refractivity contribution >= 4 is 0 Å². The van der Waals surface area contributed by atoms with Gasteiger partial charge in [0.15, 0.2) is 0 Å². The maximum Gasteiger partial charge on any atom is 0.115 e. The van der Waals surface area contributed by atoms with Gasteiger partial charge in [-0.1, -0.05) is 56.2 Å². The van der Waals surface area contributed by atoms with Gasteiger partial charge in [-0.3, -0.25) is 0 Å². The van der Waals surface area contributed by atoms with E-state index < -0.39 is 0 Å². The van der Waals surface area contributed by atoms with Crippen LogP contribution >= 0.6 is 0 Å². The summed E-state index contributed by atoms with van der Waals surface area (Å²) in [5.41, 5.74) is 1.23. The summed E-state index contributed by atoms with van der Waals surface area (Å²) in [7, 11) is 0. The highest BCUT2D eigenvalue weighted by Crippen LogP contribution is 2.13. The van der Waals surface area contributed by atoms with E-state index in [1.54, 1.807) is 6.07 Å². The Morgan fingerprint density at radius 3 is 2.09 bits per heavy atom. The number of rotatable bonds is 12. The molecule has 0 saturated carbocycles. The zero-order chi connectivity index (χ0) is 15.9. The molecule has 1 nitrogen and oxygen atoms in total. The second-order valence-electron chi connectivity index (χ2n) is 5.93. The molecule has 0 unspecified atom stereocenters. The van der Waals surface area contributed by atoms with Crippen LogP contribution in [0.3, 0.4) is 0 Å². The molecule has 0 radical (unpaired) electrons. The summed E-state index contributed by atoms with van der Waals surface area (Å²) in [6, 6.07) is 7.59. The number of aryl methyl sites for hydroxylation is 1. The molecule has 22 heavy (non-hydrogen) atoms. The summed E-state index contributed by atoms with van der Waals surface area (Å²) in [5.74, 6) is 0.375. The van der Waals surface area contributed by atoms with Crippen LogP contribution in [0.5, 0.6) is 5.75 Å². The van der Waals surface area contributed by atoms with Crippen molar-refractivity contribution in [3.05, 3.63) is 54.1 Å². The van der Waals surface area contributed by atoms with Crippen LogP contribution in [0.15, 0.2) is 48.6 Å². The van der Waals surface area contributed by atoms with Gasteiger partial charge in [-0.25, -0.2) is 0 Å². The summed E-state index contributed by atoms with van der Waals surface area (Å²) < 4.78 is 0. The van der Waals surface area contributed by atoms with Crippen LogP contribution in [0.4, 0.5) is 0 Å². The summed E-state index contributed by atoms with van der Waals surface area (Å²) >= 11 is 0. The van der Waals surface area contributed by atoms with Crippen molar-refractivity contribution in [3.8, 4) is 5.75 Å². The Labute approximate surface area is 136 Å². The third-order valence-electron chi connectivity index (χ3n) is 3.80. The monoisotopic (exact) mass is 300 g/mol. The van der Waals surface area contributed by atoms with Crippen molar-refractivity contribution in [2.24, 2.45) is 0 Å². The molecule has 0 aliphatic rings. The van der Waals surface area contributed by atoms with Crippen LogP contribution in [0.2, 0.25) is 0 Å². The molecule has 1 aromatic rings. The third kappa shape index (κ3) is 10.3. The molecular weight excluding hydrogens is 268 g/mol. The van der Waals surface area contributed by atoms with Crippen molar-refractivity contribution in [2.45, 2.75) is 71.1 Å². The first kappa shape index (κ1) is 18.5. The first-order valence-corrected chi connectivity index (χ1v) is 8.91. The summed E-state index contributed by atoms with van der Waals surface area (Å²) in [4.78, 5) is 0. The van der Waals surface area contributed by atoms with E-state index in [1.807, 2.05) is 12.1 Å². The highest BCUT2D eigenvalue weighted by atomic mass is 16.3. The topological polar surface area (TPSA) is 20.2 Å². The number of hydrogen-bond donors (Lipinski definition) is 1. The molecule has 1 N–H and O–H groups in total. The lowest BCUT2D eigenvalue weighted by molar-refractivity contribution is 0.474. The quantitative estimate of drug-likeness (QED) is 0.341. The maximum absolute atomic E-state index is 9.40. The Morgan fingerprint density at radius 1 is 0.818 bits per heavy atom. The molecule has 122 valence electrons. The predicted molar refractivity (Wildman–Crippen MR) is 97.3 cm³/mol. The molecule has 0 bridgehead atoms. The number of phenols is 1. The van der Waals surface area contributed by atoms with E-state index in [2.05, 4.69) is 37.3 Å². The van der Waals surface area contributed by atoms with Gasteiger partial charge in [0.25, 0.3) is 0 Å². The maximum atomic E-state index is 9.40. The molecule has 0 atom stereocenters. The molecule has 0 aromatic heterocycles. The standard InChI is InChI=1S/C21H32O/c1-2-3-4-5-6-7-8-9-10-11-12-13-14-16-20-17-15-18-21(22)19-20/h6-7,10-11,15,17-19,22H,2-5,8-9,12-14,16H2,1H3/b7-6+,11-10+. The highest BCUT2D eigenvalue weighted by Gasteiger charge is 1.94. The summed E-state index contributed by atoms with van der Waals surface area (Å²) in [5, 5.41) is 9.40. The summed E-state index contributed by atoms with van der Waals surface area (Å²) in [6.07, 6.45) is 21.5. The van der Waals surface area contributed by atoms with E-state index in [0.717, 1.165) is 12.8 Å². The first-order chi connectivity index (χ1) is 10.8. The number of aromatic hydroxyl groups is 1. The van der Waals surface area contributed by atoms with Crippen molar-refractivity contribution in [1.82, 2.24) is 0 Å². The molecule has 1 rings (SSSR count). The Morgan fingerprint density at radius 2 is 1.45 bits per heavy atom. The van der Waals surface area contributed by atoms with Crippen molar-refractivity contribution in [3.63, 3.8) is 0 Å². The average Bonchev–Trinajstić information content (AvgIpc) is 2.52. The zero-order valence-corrected chi connectivity index (χ0v) is 14.1. The number of benzene rings is 1. The van der Waals surface area contributed by atoms with Crippen LogP contribution in [0.25, 0.3) is 0 Å². The number of phenolic OH excluding ortho intramolecular Hbond substituents is 1. The first-order valence-electron chi connectivity index (χ1n) is 8.91. The Hall–Kier alpha value is -1.50. The molecule has 0 heterocycles. The van der Waals surface area contributed by atoms with E-state index in [0.29, 0.717) is 5.75 Å². The molecule has 0 amide bonds. The number of hydrogen-bond acceptors (Lipinski definition) is 1. The molecule has 0 aliphatic heterocycles. The Kier molecular flexibility index (Phi) is 11.1. The smallest absolute Gasteiger partial charge is 0.115 e. The Balaban J connectivity index is 1.94. The summed E-state index contributed by atoms with van der Waals surface area (Å²) in [6.45, 7) is 2.25. The highest BCUT2D eigenvalue weighted by molar-refractivity contribution is 5.27. The van der Waals surface area contributed by atoms with Gasteiger partial charge < -0.3 is 5.11 Å². The van der Waals surface area contributed by atoms with Gasteiger partial charge in [0, 0.05) is 0 Å². The second-order valence-corrected chi connectivity index (χ2v) is 5.93. The van der Waals surface area contributed by atoms with E-state index in [-0.39, 0.29) is 0 Å². The molecule has 0 fully saturated rings. The minimum atomic E-state index is 0.375. The van der Waals surface area contributed by atoms with Crippen molar-refractivity contribution in [1.29, 1.82) is 0 Å². The minimum Gasteiger partial charge on any atom is -0.508 e. The lowest BCUT2D eigenvalue weighted by Gasteiger charge is -2.00. The van der Waals surface area contributed by atoms with Crippen LogP contribution in [0, 0.1) is 0 Å². The molecule has 0 aliphatic carbocycles. The van der Waals surface area contributed by atoms with Crippen molar-refractivity contribution in [2.75, 3.05) is 0 Å². The van der Waals surface area contributed by atoms with Gasteiger partial charge >= 0.3 is 0 Å². The van der Waals surface area contributed by atoms with Gasteiger partial charge in [-0.05, 0) is 69.1 Å². The average molecular weight is 300 g/mol. The molecule has 0 saturated heterocycles. The van der Waals surface area contributed by atoms with E-state index >= 15 is 0 Å². The zero-order valence-electron chi connectivity index (χ0n) is 14.1. The van der Waals surface area contributed by atoms with Gasteiger partial charge in [0.2, 0.25) is 0 Å². The molecular formula is C21H32O. The third-order valence-corrected chi connectivity index (χ3v) is 3.80. The lowest BCUT2D eigenvalue weighted by Crippen LogP contribution is -1.84. The van der Waals surface area contributed by atoms with E-state index in [4.69, 9.17) is 0 Å². The normalized spacial score (nSPS) is 11.7. The number of allylic oxidation sites excluding steroid dienone is 4. The predicted octanol–water partition coefficient (Wildman–Crippen LogP) is 6.58. The van der Waals surface area contributed by atoms with Gasteiger partial charge in [-0.15, -0.1) is 0 Å². The lowest BCUT2D eigenvalue weighted by atomic mass is 10.1. The minimum absolute atomic E-state index is 0.375. The SMILES string of the molecule is CCCCC/C=C/CC/C=C/CCCCc1cccc(O)c1. The van der Waals surface area contributed by atoms with Crippen LogP contribution in [-0.2, 0) is 6.42 Å². The van der Waals surface area contributed by atoms with Crippen molar-refractivity contribution < 1.29 is 5.11 Å². The van der Waals surface area contributed by atoms with Crippen LogP contribution in [-0.4, -0.2) is 5.11 Å². The van der Waals surface area contributed by atoms with E-state index in [9.17, 15) is 5.11 Å².